The normalized spacial score (nSPS) is 15.5. The molecule has 10 heavy (non-hydrogen) atoms. The first-order valence-corrected chi connectivity index (χ1v) is 3.79. The van der Waals surface area contributed by atoms with Crippen LogP contribution in [0.1, 0.15) is 20.3 Å². The number of nitrogens with one attached hydrogen (secondary N) is 1. The second kappa shape index (κ2) is 5.28. The predicted octanol–water partition coefficient (Wildman–Crippen LogP) is 1.96. The van der Waals surface area contributed by atoms with E-state index < -0.39 is 0 Å². The molecule has 1 N–H and O–H groups in total. The second-order valence-corrected chi connectivity index (χ2v) is 2.52. The predicted molar refractivity (Wildman–Crippen MR) is 46.0 cm³/mol. The van der Waals surface area contributed by atoms with Crippen LogP contribution in [0.4, 0.5) is 0 Å². The Labute approximate surface area is 63.8 Å². The van der Waals surface area contributed by atoms with Crippen molar-refractivity contribution in [3.63, 3.8) is 0 Å². The Morgan fingerprint density at radius 1 is 1.70 bits per heavy atom. The van der Waals surface area contributed by atoms with Gasteiger partial charge in [-0.2, -0.15) is 0 Å². The number of hydrogen-bond donors (Lipinski definition) is 1. The zero-order valence-electron chi connectivity index (χ0n) is 7.15. The quantitative estimate of drug-likeness (QED) is 0.587. The fourth-order valence-corrected chi connectivity index (χ4v) is 0.981. The van der Waals surface area contributed by atoms with Crippen molar-refractivity contribution in [2.24, 2.45) is 5.92 Å². The molecule has 0 bridgehead atoms. The van der Waals surface area contributed by atoms with Crippen LogP contribution in [0.5, 0.6) is 0 Å². The van der Waals surface area contributed by atoms with E-state index in [1.807, 2.05) is 13.1 Å². The van der Waals surface area contributed by atoms with Crippen LogP contribution in [0, 0.1) is 5.92 Å². The summed E-state index contributed by atoms with van der Waals surface area (Å²) in [5.74, 6) is 0.572. The van der Waals surface area contributed by atoms with Gasteiger partial charge in [0.15, 0.2) is 0 Å². The van der Waals surface area contributed by atoms with Gasteiger partial charge in [0.05, 0.1) is 0 Å². The molecule has 0 aliphatic carbocycles. The summed E-state index contributed by atoms with van der Waals surface area (Å²) in [5, 5.41) is 3.20. The molecule has 0 saturated heterocycles. The monoisotopic (exact) mass is 139 g/mol. The third kappa shape index (κ3) is 2.86. The smallest absolute Gasteiger partial charge is 0.0104 e. The topological polar surface area (TPSA) is 12.0 Å². The zero-order valence-corrected chi connectivity index (χ0v) is 7.15. The summed E-state index contributed by atoms with van der Waals surface area (Å²) in [5.41, 5.74) is 2.82. The molecule has 58 valence electrons. The van der Waals surface area contributed by atoms with E-state index in [1.54, 1.807) is 0 Å². The van der Waals surface area contributed by atoms with Gasteiger partial charge in [0, 0.05) is 6.04 Å². The van der Waals surface area contributed by atoms with E-state index in [4.69, 9.17) is 0 Å². The summed E-state index contributed by atoms with van der Waals surface area (Å²) in [6, 6.07) is 0.527. The van der Waals surface area contributed by atoms with Gasteiger partial charge in [0.25, 0.3) is 0 Å². The van der Waals surface area contributed by atoms with E-state index in [0.29, 0.717) is 12.0 Å². The van der Waals surface area contributed by atoms with Crippen molar-refractivity contribution >= 4 is 0 Å². The molecule has 0 rings (SSSR count). The average molecular weight is 139 g/mol. The first-order chi connectivity index (χ1) is 4.76. The number of rotatable bonds is 4. The molecule has 0 aliphatic rings. The minimum atomic E-state index is 0.527. The van der Waals surface area contributed by atoms with Crippen molar-refractivity contribution in [1.82, 2.24) is 5.32 Å². The van der Waals surface area contributed by atoms with Gasteiger partial charge < -0.3 is 5.32 Å². The lowest BCUT2D eigenvalue weighted by Gasteiger charge is -2.17. The summed E-state index contributed by atoms with van der Waals surface area (Å²) >= 11 is 0. The maximum absolute atomic E-state index is 3.56. The van der Waals surface area contributed by atoms with Crippen LogP contribution >= 0.6 is 0 Å². The fraction of sp³-hybridized carbons (Fsp3) is 0.667. The molecular weight excluding hydrogens is 122 g/mol. The Hall–Kier alpha value is -0.520. The third-order valence-electron chi connectivity index (χ3n) is 1.90. The lowest BCUT2D eigenvalue weighted by atomic mass is 9.99. The van der Waals surface area contributed by atoms with E-state index in [2.05, 4.69) is 31.5 Å². The van der Waals surface area contributed by atoms with Crippen LogP contribution < -0.4 is 5.32 Å². The molecule has 0 aromatic rings. The highest BCUT2D eigenvalue weighted by molar-refractivity contribution is 4.88. The third-order valence-corrected chi connectivity index (χ3v) is 1.90. The molecule has 0 aromatic carbocycles. The number of hydrogen-bond acceptors (Lipinski definition) is 1. The average Bonchev–Trinajstić information content (AvgIpc) is 1.99. The zero-order chi connectivity index (χ0) is 7.98. The highest BCUT2D eigenvalue weighted by Gasteiger charge is 2.08. The SMILES string of the molecule is C=C=CC(CC)C(C)NC. The maximum Gasteiger partial charge on any atom is 0.0104 e. The molecule has 2 atom stereocenters. The first kappa shape index (κ1) is 9.48. The molecule has 0 saturated carbocycles. The Balaban J connectivity index is 3.91. The molecular formula is C9H17N. The van der Waals surface area contributed by atoms with Gasteiger partial charge in [-0.3, -0.25) is 0 Å². The Bertz CT molecular complexity index is 123. The summed E-state index contributed by atoms with van der Waals surface area (Å²) in [6.45, 7) is 7.90. The Morgan fingerprint density at radius 2 is 2.30 bits per heavy atom. The van der Waals surface area contributed by atoms with E-state index in [9.17, 15) is 0 Å². The summed E-state index contributed by atoms with van der Waals surface area (Å²) in [6.07, 6.45) is 3.17. The van der Waals surface area contributed by atoms with Crippen molar-refractivity contribution in [3.05, 3.63) is 18.4 Å². The Kier molecular flexibility index (Phi) is 5.00. The van der Waals surface area contributed by atoms with Crippen LogP contribution in [0.25, 0.3) is 0 Å². The van der Waals surface area contributed by atoms with Crippen LogP contribution in [-0.2, 0) is 0 Å². The van der Waals surface area contributed by atoms with Gasteiger partial charge in [0.1, 0.15) is 0 Å². The highest BCUT2D eigenvalue weighted by Crippen LogP contribution is 2.08. The van der Waals surface area contributed by atoms with Gasteiger partial charge in [-0.25, -0.2) is 0 Å². The minimum absolute atomic E-state index is 0.527. The fourth-order valence-electron chi connectivity index (χ4n) is 0.981. The second-order valence-electron chi connectivity index (χ2n) is 2.52. The van der Waals surface area contributed by atoms with E-state index in [0.717, 1.165) is 6.42 Å². The Morgan fingerprint density at radius 3 is 2.60 bits per heavy atom. The summed E-state index contributed by atoms with van der Waals surface area (Å²) in [4.78, 5) is 0. The van der Waals surface area contributed by atoms with Crippen molar-refractivity contribution in [1.29, 1.82) is 0 Å². The lowest BCUT2D eigenvalue weighted by Crippen LogP contribution is -2.28. The van der Waals surface area contributed by atoms with Crippen molar-refractivity contribution in [2.75, 3.05) is 7.05 Å². The molecule has 2 unspecified atom stereocenters. The van der Waals surface area contributed by atoms with Gasteiger partial charge in [-0.05, 0) is 32.4 Å². The first-order valence-electron chi connectivity index (χ1n) is 3.79. The van der Waals surface area contributed by atoms with Crippen LogP contribution in [0.2, 0.25) is 0 Å². The van der Waals surface area contributed by atoms with E-state index in [-0.39, 0.29) is 0 Å². The molecule has 1 heteroatoms. The van der Waals surface area contributed by atoms with Crippen LogP contribution in [-0.4, -0.2) is 13.1 Å². The van der Waals surface area contributed by atoms with Gasteiger partial charge >= 0.3 is 0 Å². The molecule has 1 nitrogen and oxygen atoms in total. The summed E-state index contributed by atoms with van der Waals surface area (Å²) in [7, 11) is 1.98. The van der Waals surface area contributed by atoms with Gasteiger partial charge in [-0.1, -0.05) is 13.5 Å². The highest BCUT2D eigenvalue weighted by atomic mass is 14.9. The lowest BCUT2D eigenvalue weighted by molar-refractivity contribution is 0.456. The van der Waals surface area contributed by atoms with E-state index in [1.165, 1.54) is 0 Å². The van der Waals surface area contributed by atoms with E-state index >= 15 is 0 Å². The van der Waals surface area contributed by atoms with Gasteiger partial charge in [0.2, 0.25) is 0 Å². The summed E-state index contributed by atoms with van der Waals surface area (Å²) < 4.78 is 0. The van der Waals surface area contributed by atoms with Gasteiger partial charge in [-0.15, -0.1) is 5.73 Å². The minimum Gasteiger partial charge on any atom is -0.317 e. The van der Waals surface area contributed by atoms with Crippen molar-refractivity contribution in [3.8, 4) is 0 Å². The van der Waals surface area contributed by atoms with Crippen LogP contribution in [0.15, 0.2) is 18.4 Å². The molecule has 0 aromatic heterocycles. The maximum atomic E-state index is 3.56. The molecule has 0 aliphatic heterocycles. The molecule has 0 radical (unpaired) electrons. The van der Waals surface area contributed by atoms with Crippen molar-refractivity contribution < 1.29 is 0 Å². The molecule has 0 heterocycles. The molecule has 0 spiro atoms. The standard InChI is InChI=1S/C9H17N/c1-5-7-9(6-2)8(3)10-4/h7-10H,1,6H2,2-4H3. The largest absolute Gasteiger partial charge is 0.317 e. The van der Waals surface area contributed by atoms with Crippen LogP contribution in [0.3, 0.4) is 0 Å². The molecule has 0 fully saturated rings. The molecule has 0 amide bonds. The van der Waals surface area contributed by atoms with Crippen molar-refractivity contribution in [2.45, 2.75) is 26.3 Å².